The predicted molar refractivity (Wildman–Crippen MR) is 84.4 cm³/mol. The zero-order valence-electron chi connectivity index (χ0n) is 11.4. The van der Waals surface area contributed by atoms with Crippen molar-refractivity contribution in [2.75, 3.05) is 6.54 Å². The molecule has 1 nitrogen and oxygen atoms in total. The fourth-order valence-corrected chi connectivity index (χ4v) is 2.22. The summed E-state index contributed by atoms with van der Waals surface area (Å²) in [6, 6.07) is 9.41. The van der Waals surface area contributed by atoms with Gasteiger partial charge in [0.25, 0.3) is 0 Å². The summed E-state index contributed by atoms with van der Waals surface area (Å²) in [5.41, 5.74) is 1.73. The fraction of sp³-hybridized carbons (Fsp3) is 0.600. The lowest BCUT2D eigenvalue weighted by Crippen LogP contribution is -2.42. The Morgan fingerprint density at radius 2 is 1.76 bits per heavy atom. The molecule has 1 atom stereocenters. The number of benzene rings is 1. The van der Waals surface area contributed by atoms with Gasteiger partial charge >= 0.3 is 0 Å². The summed E-state index contributed by atoms with van der Waals surface area (Å²) in [4.78, 5) is 0. The minimum Gasteiger partial charge on any atom is -0.313 e. The zero-order chi connectivity index (χ0) is 12.9. The topological polar surface area (TPSA) is 12.0 Å². The van der Waals surface area contributed by atoms with E-state index in [1.165, 1.54) is 15.6 Å². The number of hydrogen-bond acceptors (Lipinski definition) is 1. The Morgan fingerprint density at radius 1 is 1.18 bits per heavy atom. The molecule has 1 aromatic carbocycles. The molecule has 1 rings (SSSR count). The van der Waals surface area contributed by atoms with Gasteiger partial charge in [-0.1, -0.05) is 39.8 Å². The average molecular weight is 345 g/mol. The molecule has 17 heavy (non-hydrogen) atoms. The van der Waals surface area contributed by atoms with Crippen LogP contribution in [0.2, 0.25) is 0 Å². The number of halogens is 1. The molecule has 0 saturated heterocycles. The lowest BCUT2D eigenvalue weighted by atomic mass is 9.83. The molecule has 0 fully saturated rings. The van der Waals surface area contributed by atoms with Crippen molar-refractivity contribution in [2.24, 2.45) is 5.41 Å². The quantitative estimate of drug-likeness (QED) is 0.787. The van der Waals surface area contributed by atoms with Gasteiger partial charge in [0.2, 0.25) is 0 Å². The highest BCUT2D eigenvalue weighted by Gasteiger charge is 2.23. The van der Waals surface area contributed by atoms with Crippen LogP contribution in [0, 0.1) is 8.99 Å². The van der Waals surface area contributed by atoms with E-state index >= 15 is 0 Å². The molecule has 0 aliphatic heterocycles. The van der Waals surface area contributed by atoms with Crippen LogP contribution in [0.4, 0.5) is 0 Å². The Bertz CT molecular complexity index is 324. The third kappa shape index (κ3) is 5.38. The van der Waals surface area contributed by atoms with Gasteiger partial charge in [-0.25, -0.2) is 0 Å². The van der Waals surface area contributed by atoms with Crippen LogP contribution in [-0.2, 0) is 6.42 Å². The summed E-state index contributed by atoms with van der Waals surface area (Å²) >= 11 is 2.35. The van der Waals surface area contributed by atoms with Gasteiger partial charge in [0.05, 0.1) is 0 Å². The molecule has 0 amide bonds. The molecule has 0 bridgehead atoms. The maximum atomic E-state index is 3.67. The minimum atomic E-state index is 0.304. The molecular formula is C15H24IN. The molecule has 0 aliphatic rings. The molecule has 96 valence electrons. The van der Waals surface area contributed by atoms with E-state index in [-0.39, 0.29) is 0 Å². The van der Waals surface area contributed by atoms with Crippen molar-refractivity contribution < 1.29 is 0 Å². The second-order valence-electron chi connectivity index (χ2n) is 5.70. The molecule has 1 aromatic rings. The first-order valence-corrected chi connectivity index (χ1v) is 7.49. The van der Waals surface area contributed by atoms with E-state index in [1.807, 2.05) is 0 Å². The Balaban J connectivity index is 2.68. The largest absolute Gasteiger partial charge is 0.313 e. The highest BCUT2D eigenvalue weighted by atomic mass is 127. The fourth-order valence-electron chi connectivity index (χ4n) is 1.86. The van der Waals surface area contributed by atoms with Crippen LogP contribution in [0.15, 0.2) is 24.3 Å². The monoisotopic (exact) mass is 345 g/mol. The van der Waals surface area contributed by atoms with Gasteiger partial charge < -0.3 is 5.32 Å². The maximum Gasteiger partial charge on any atom is 0.0156 e. The Morgan fingerprint density at radius 3 is 2.24 bits per heavy atom. The van der Waals surface area contributed by atoms with Gasteiger partial charge in [-0.3, -0.25) is 0 Å². The van der Waals surface area contributed by atoms with Crippen LogP contribution in [0.5, 0.6) is 0 Å². The predicted octanol–water partition coefficient (Wildman–Crippen LogP) is 4.25. The Kier molecular flexibility index (Phi) is 5.93. The van der Waals surface area contributed by atoms with Crippen molar-refractivity contribution in [3.63, 3.8) is 0 Å². The van der Waals surface area contributed by atoms with Gasteiger partial charge in [-0.15, -0.1) is 0 Å². The van der Waals surface area contributed by atoms with Crippen LogP contribution in [0.25, 0.3) is 0 Å². The lowest BCUT2D eigenvalue weighted by Gasteiger charge is -2.32. The molecular weight excluding hydrogens is 321 g/mol. The molecule has 1 unspecified atom stereocenters. The third-order valence-corrected chi connectivity index (χ3v) is 3.76. The molecule has 0 aliphatic carbocycles. The van der Waals surface area contributed by atoms with Crippen LogP contribution in [0.1, 0.15) is 39.7 Å². The second-order valence-corrected chi connectivity index (χ2v) is 6.95. The van der Waals surface area contributed by atoms with Crippen molar-refractivity contribution in [1.82, 2.24) is 5.32 Å². The summed E-state index contributed by atoms with van der Waals surface area (Å²) in [5.74, 6) is 0. The van der Waals surface area contributed by atoms with Crippen molar-refractivity contribution in [2.45, 2.75) is 46.6 Å². The van der Waals surface area contributed by atoms with E-state index in [2.05, 4.69) is 79.9 Å². The zero-order valence-corrected chi connectivity index (χ0v) is 13.5. The summed E-state index contributed by atoms with van der Waals surface area (Å²) in [5, 5.41) is 3.67. The first-order chi connectivity index (χ1) is 7.93. The van der Waals surface area contributed by atoms with Crippen molar-refractivity contribution >= 4 is 22.6 Å². The molecule has 0 spiro atoms. The number of nitrogens with one attached hydrogen (secondary N) is 1. The van der Waals surface area contributed by atoms with E-state index in [0.29, 0.717) is 11.5 Å². The number of rotatable bonds is 5. The first kappa shape index (κ1) is 15.0. The third-order valence-electron chi connectivity index (χ3n) is 3.04. The summed E-state index contributed by atoms with van der Waals surface area (Å²) < 4.78 is 1.31. The van der Waals surface area contributed by atoms with E-state index in [0.717, 1.165) is 13.0 Å². The molecule has 1 N–H and O–H groups in total. The van der Waals surface area contributed by atoms with E-state index in [9.17, 15) is 0 Å². The van der Waals surface area contributed by atoms with Gasteiger partial charge in [0.15, 0.2) is 0 Å². The van der Waals surface area contributed by atoms with E-state index in [4.69, 9.17) is 0 Å². The smallest absolute Gasteiger partial charge is 0.0156 e. The van der Waals surface area contributed by atoms with Crippen LogP contribution in [0.3, 0.4) is 0 Å². The van der Waals surface area contributed by atoms with Gasteiger partial charge in [-0.2, -0.15) is 0 Å². The lowest BCUT2D eigenvalue weighted by molar-refractivity contribution is 0.267. The van der Waals surface area contributed by atoms with E-state index < -0.39 is 0 Å². The Labute approximate surface area is 120 Å². The Hall–Kier alpha value is -0.0900. The normalized spacial score (nSPS) is 13.7. The molecule has 0 aromatic heterocycles. The average Bonchev–Trinajstić information content (AvgIpc) is 2.25. The van der Waals surface area contributed by atoms with E-state index in [1.54, 1.807) is 0 Å². The molecule has 0 heterocycles. The second kappa shape index (κ2) is 6.74. The number of hydrogen-bond donors (Lipinski definition) is 1. The molecule has 0 radical (unpaired) electrons. The van der Waals surface area contributed by atoms with Crippen LogP contribution in [-0.4, -0.2) is 12.6 Å². The minimum absolute atomic E-state index is 0.304. The summed E-state index contributed by atoms with van der Waals surface area (Å²) in [6.45, 7) is 10.3. The highest BCUT2D eigenvalue weighted by Crippen LogP contribution is 2.23. The first-order valence-electron chi connectivity index (χ1n) is 6.41. The highest BCUT2D eigenvalue weighted by molar-refractivity contribution is 14.1. The van der Waals surface area contributed by atoms with Crippen LogP contribution >= 0.6 is 22.6 Å². The van der Waals surface area contributed by atoms with Gasteiger partial charge in [0.1, 0.15) is 0 Å². The summed E-state index contributed by atoms with van der Waals surface area (Å²) in [7, 11) is 0. The van der Waals surface area contributed by atoms with Gasteiger partial charge in [0, 0.05) is 9.61 Å². The SMILES string of the molecule is CCCNC(Cc1ccc(I)cc1)C(C)(C)C. The molecule has 2 heteroatoms. The van der Waals surface area contributed by atoms with Crippen molar-refractivity contribution in [3.05, 3.63) is 33.4 Å². The standard InChI is InChI=1S/C15H24IN/c1-5-10-17-14(15(2,3)4)11-12-6-8-13(16)9-7-12/h6-9,14,17H,5,10-11H2,1-4H3. The molecule has 0 saturated carbocycles. The van der Waals surface area contributed by atoms with Crippen LogP contribution < -0.4 is 5.32 Å². The van der Waals surface area contributed by atoms with Crippen molar-refractivity contribution in [1.29, 1.82) is 0 Å². The van der Waals surface area contributed by atoms with Crippen molar-refractivity contribution in [3.8, 4) is 0 Å². The maximum absolute atomic E-state index is 3.67. The summed E-state index contributed by atoms with van der Waals surface area (Å²) in [6.07, 6.45) is 2.31. The van der Waals surface area contributed by atoms with Gasteiger partial charge in [-0.05, 0) is 65.1 Å².